The highest BCUT2D eigenvalue weighted by atomic mass is 15.3. The van der Waals surface area contributed by atoms with Crippen molar-refractivity contribution in [2.24, 2.45) is 0 Å². The summed E-state index contributed by atoms with van der Waals surface area (Å²) in [5, 5.41) is 4.20. The van der Waals surface area contributed by atoms with Gasteiger partial charge < -0.3 is 4.57 Å². The van der Waals surface area contributed by atoms with Gasteiger partial charge in [0, 0.05) is 30.5 Å². The summed E-state index contributed by atoms with van der Waals surface area (Å²) in [6.07, 6.45) is 7.86. The third kappa shape index (κ3) is 2.13. The molecule has 0 aliphatic heterocycles. The fourth-order valence-corrected chi connectivity index (χ4v) is 1.86. The molecule has 3 aromatic rings. The molecular formula is C14H13N3. The Hall–Kier alpha value is -2.29. The van der Waals surface area contributed by atoms with Crippen molar-refractivity contribution in [1.29, 1.82) is 0 Å². The Balaban J connectivity index is 1.81. The maximum atomic E-state index is 4.20. The standard InChI is InChI=1S/C14H13N3/c1-2-10-16(9-1)14-6-4-13(5-7-14)12-17-11-3-8-15-17/h1-11H,12H2. The van der Waals surface area contributed by atoms with E-state index >= 15 is 0 Å². The summed E-state index contributed by atoms with van der Waals surface area (Å²) in [4.78, 5) is 0. The molecule has 0 spiro atoms. The average Bonchev–Trinajstić information content (AvgIpc) is 3.01. The van der Waals surface area contributed by atoms with Gasteiger partial charge in [0.1, 0.15) is 0 Å². The number of nitrogens with zero attached hydrogens (tertiary/aromatic N) is 3. The normalized spacial score (nSPS) is 10.6. The van der Waals surface area contributed by atoms with Gasteiger partial charge in [0.25, 0.3) is 0 Å². The van der Waals surface area contributed by atoms with Crippen LogP contribution in [0.3, 0.4) is 0 Å². The van der Waals surface area contributed by atoms with Gasteiger partial charge >= 0.3 is 0 Å². The van der Waals surface area contributed by atoms with Crippen LogP contribution in [0, 0.1) is 0 Å². The Kier molecular flexibility index (Phi) is 2.50. The first-order chi connectivity index (χ1) is 8.42. The minimum absolute atomic E-state index is 0.818. The van der Waals surface area contributed by atoms with Crippen LogP contribution in [-0.4, -0.2) is 14.3 Å². The van der Waals surface area contributed by atoms with E-state index in [1.165, 1.54) is 11.3 Å². The monoisotopic (exact) mass is 223 g/mol. The van der Waals surface area contributed by atoms with E-state index in [4.69, 9.17) is 0 Å². The van der Waals surface area contributed by atoms with Crippen molar-refractivity contribution < 1.29 is 0 Å². The molecule has 17 heavy (non-hydrogen) atoms. The zero-order valence-corrected chi connectivity index (χ0v) is 9.40. The molecule has 0 aliphatic rings. The van der Waals surface area contributed by atoms with Crippen LogP contribution in [0.25, 0.3) is 5.69 Å². The van der Waals surface area contributed by atoms with E-state index in [2.05, 4.69) is 33.9 Å². The van der Waals surface area contributed by atoms with E-state index in [1.54, 1.807) is 6.20 Å². The van der Waals surface area contributed by atoms with Gasteiger partial charge in [-0.05, 0) is 35.9 Å². The molecule has 0 amide bonds. The second kappa shape index (κ2) is 4.29. The molecule has 2 heterocycles. The van der Waals surface area contributed by atoms with Crippen molar-refractivity contribution in [3.8, 4) is 5.69 Å². The van der Waals surface area contributed by atoms with Crippen LogP contribution in [0.4, 0.5) is 0 Å². The predicted octanol–water partition coefficient (Wildman–Crippen LogP) is 2.72. The zero-order valence-electron chi connectivity index (χ0n) is 9.40. The highest BCUT2D eigenvalue weighted by molar-refractivity contribution is 5.35. The van der Waals surface area contributed by atoms with E-state index in [1.807, 2.05) is 41.5 Å². The molecule has 1 aromatic carbocycles. The molecular weight excluding hydrogens is 210 g/mol. The van der Waals surface area contributed by atoms with Gasteiger partial charge in [-0.2, -0.15) is 5.10 Å². The molecule has 0 bridgehead atoms. The Morgan fingerprint density at radius 1 is 0.882 bits per heavy atom. The molecule has 0 atom stereocenters. The molecule has 0 saturated heterocycles. The van der Waals surface area contributed by atoms with Gasteiger partial charge in [-0.1, -0.05) is 12.1 Å². The molecule has 0 fully saturated rings. The molecule has 0 radical (unpaired) electrons. The minimum Gasteiger partial charge on any atom is -0.324 e. The van der Waals surface area contributed by atoms with Crippen LogP contribution < -0.4 is 0 Å². The highest BCUT2D eigenvalue weighted by Crippen LogP contribution is 2.10. The fourth-order valence-electron chi connectivity index (χ4n) is 1.86. The first-order valence-corrected chi connectivity index (χ1v) is 5.61. The van der Waals surface area contributed by atoms with Gasteiger partial charge in [-0.25, -0.2) is 0 Å². The molecule has 0 N–H and O–H groups in total. The Labute approximate surface area is 99.9 Å². The zero-order chi connectivity index (χ0) is 11.5. The molecule has 0 saturated carbocycles. The molecule has 3 rings (SSSR count). The summed E-state index contributed by atoms with van der Waals surface area (Å²) >= 11 is 0. The van der Waals surface area contributed by atoms with Gasteiger partial charge in [0.15, 0.2) is 0 Å². The smallest absolute Gasteiger partial charge is 0.0659 e. The summed E-state index contributed by atoms with van der Waals surface area (Å²) in [5.41, 5.74) is 2.43. The number of hydrogen-bond donors (Lipinski definition) is 0. The maximum Gasteiger partial charge on any atom is 0.0659 e. The van der Waals surface area contributed by atoms with E-state index in [0.717, 1.165) is 6.54 Å². The number of aromatic nitrogens is 3. The van der Waals surface area contributed by atoms with E-state index < -0.39 is 0 Å². The van der Waals surface area contributed by atoms with Gasteiger partial charge in [-0.15, -0.1) is 0 Å². The lowest BCUT2D eigenvalue weighted by Gasteiger charge is -2.05. The maximum absolute atomic E-state index is 4.20. The summed E-state index contributed by atoms with van der Waals surface area (Å²) in [7, 11) is 0. The Morgan fingerprint density at radius 3 is 2.29 bits per heavy atom. The molecule has 2 aromatic heterocycles. The van der Waals surface area contributed by atoms with Gasteiger partial charge in [-0.3, -0.25) is 4.68 Å². The fraction of sp³-hybridized carbons (Fsp3) is 0.0714. The second-order valence-electron chi connectivity index (χ2n) is 3.96. The molecule has 0 aliphatic carbocycles. The summed E-state index contributed by atoms with van der Waals surface area (Å²) in [5.74, 6) is 0. The predicted molar refractivity (Wildman–Crippen MR) is 67.1 cm³/mol. The van der Waals surface area contributed by atoms with Crippen molar-refractivity contribution in [2.45, 2.75) is 6.54 Å². The third-order valence-corrected chi connectivity index (χ3v) is 2.74. The molecule has 0 unspecified atom stereocenters. The van der Waals surface area contributed by atoms with Crippen LogP contribution in [0.1, 0.15) is 5.56 Å². The Morgan fingerprint density at radius 2 is 1.65 bits per heavy atom. The van der Waals surface area contributed by atoms with Crippen molar-refractivity contribution in [2.75, 3.05) is 0 Å². The number of rotatable bonds is 3. The summed E-state index contributed by atoms with van der Waals surface area (Å²) in [6.45, 7) is 0.818. The number of benzene rings is 1. The van der Waals surface area contributed by atoms with E-state index in [-0.39, 0.29) is 0 Å². The van der Waals surface area contributed by atoms with Crippen LogP contribution in [0.15, 0.2) is 67.3 Å². The van der Waals surface area contributed by atoms with Crippen molar-refractivity contribution in [3.05, 3.63) is 72.8 Å². The van der Waals surface area contributed by atoms with Crippen LogP contribution in [0.5, 0.6) is 0 Å². The quantitative estimate of drug-likeness (QED) is 0.669. The topological polar surface area (TPSA) is 22.8 Å². The first-order valence-electron chi connectivity index (χ1n) is 5.61. The molecule has 3 heteroatoms. The van der Waals surface area contributed by atoms with Crippen LogP contribution in [0.2, 0.25) is 0 Å². The minimum atomic E-state index is 0.818. The van der Waals surface area contributed by atoms with Crippen molar-refractivity contribution in [1.82, 2.24) is 14.3 Å². The number of hydrogen-bond acceptors (Lipinski definition) is 1. The third-order valence-electron chi connectivity index (χ3n) is 2.74. The lowest BCUT2D eigenvalue weighted by Crippen LogP contribution is -2.00. The SMILES string of the molecule is c1ccn(-c2ccc(Cn3cccn3)cc2)c1. The van der Waals surface area contributed by atoms with E-state index in [0.29, 0.717) is 0 Å². The lowest BCUT2D eigenvalue weighted by molar-refractivity contribution is 0.687. The van der Waals surface area contributed by atoms with Crippen molar-refractivity contribution in [3.63, 3.8) is 0 Å². The average molecular weight is 223 g/mol. The van der Waals surface area contributed by atoms with Crippen LogP contribution >= 0.6 is 0 Å². The van der Waals surface area contributed by atoms with Gasteiger partial charge in [0.2, 0.25) is 0 Å². The largest absolute Gasteiger partial charge is 0.324 e. The summed E-state index contributed by atoms with van der Waals surface area (Å²) in [6, 6.07) is 14.5. The van der Waals surface area contributed by atoms with Crippen molar-refractivity contribution >= 4 is 0 Å². The Bertz CT molecular complexity index is 562. The van der Waals surface area contributed by atoms with Gasteiger partial charge in [0.05, 0.1) is 6.54 Å². The highest BCUT2D eigenvalue weighted by Gasteiger charge is 1.97. The lowest BCUT2D eigenvalue weighted by atomic mass is 10.2. The van der Waals surface area contributed by atoms with Crippen LogP contribution in [-0.2, 0) is 6.54 Å². The van der Waals surface area contributed by atoms with E-state index in [9.17, 15) is 0 Å². The first kappa shape index (κ1) is 9.90. The summed E-state index contributed by atoms with van der Waals surface area (Å²) < 4.78 is 4.02. The molecule has 84 valence electrons. The second-order valence-corrected chi connectivity index (χ2v) is 3.96. The molecule has 3 nitrogen and oxygen atoms in total.